The van der Waals surface area contributed by atoms with Gasteiger partial charge in [0.2, 0.25) is 11.3 Å². The molecule has 130 valence electrons. The largest absolute Gasteiger partial charge is 0.369 e. The molecule has 3 heterocycles. The number of carbonyl (C=O) groups excluding carboxylic acids is 2. The van der Waals surface area contributed by atoms with Crippen molar-refractivity contribution in [2.24, 2.45) is 11.7 Å². The number of nitrogens with two attached hydrogens (primary N) is 1. The lowest BCUT2D eigenvalue weighted by Gasteiger charge is -2.30. The molecule has 2 aromatic rings. The maximum atomic E-state index is 12.9. The molecule has 6 nitrogen and oxygen atoms in total. The molecule has 1 unspecified atom stereocenters. The normalized spacial score (nSPS) is 20.2. The first kappa shape index (κ1) is 15.9. The van der Waals surface area contributed by atoms with Gasteiger partial charge in [0.05, 0.1) is 5.52 Å². The number of benzene rings is 1. The molecule has 25 heavy (non-hydrogen) atoms. The van der Waals surface area contributed by atoms with Crippen LogP contribution in [0.4, 0.5) is 0 Å². The Labute approximate surface area is 145 Å². The topological polar surface area (TPSA) is 85.4 Å². The number of likely N-dealkylation sites (tertiary alicyclic amines) is 1. The molecule has 1 aromatic carbocycles. The maximum absolute atomic E-state index is 12.9. The van der Waals surface area contributed by atoms with Crippen molar-refractivity contribution in [3.8, 4) is 0 Å². The Kier molecular flexibility index (Phi) is 3.63. The van der Waals surface area contributed by atoms with E-state index in [1.807, 2.05) is 12.1 Å². The molecule has 0 aliphatic carbocycles. The van der Waals surface area contributed by atoms with Crippen molar-refractivity contribution in [3.63, 3.8) is 0 Å². The van der Waals surface area contributed by atoms with E-state index in [4.69, 9.17) is 5.73 Å². The number of rotatable bonds is 2. The first-order valence-corrected chi connectivity index (χ1v) is 8.72. The molecule has 1 aromatic heterocycles. The average Bonchev–Trinajstić information content (AvgIpc) is 2.94. The Hall–Kier alpha value is -2.63. The van der Waals surface area contributed by atoms with E-state index >= 15 is 0 Å². The zero-order valence-electron chi connectivity index (χ0n) is 14.2. The summed E-state index contributed by atoms with van der Waals surface area (Å²) in [5, 5.41) is 0.611. The van der Waals surface area contributed by atoms with Gasteiger partial charge in [-0.3, -0.25) is 14.4 Å². The third-order valence-corrected chi connectivity index (χ3v) is 5.54. The molecule has 1 saturated heterocycles. The number of carbonyl (C=O) groups is 2. The van der Waals surface area contributed by atoms with Crippen LogP contribution < -0.4 is 11.2 Å². The van der Waals surface area contributed by atoms with Crippen molar-refractivity contribution in [1.82, 2.24) is 9.47 Å². The van der Waals surface area contributed by atoms with Gasteiger partial charge in [-0.25, -0.2) is 0 Å². The van der Waals surface area contributed by atoms with Gasteiger partial charge in [0.15, 0.2) is 0 Å². The molecule has 2 aliphatic rings. The van der Waals surface area contributed by atoms with Gasteiger partial charge in [0.25, 0.3) is 5.91 Å². The van der Waals surface area contributed by atoms with Gasteiger partial charge in [-0.2, -0.15) is 0 Å². The summed E-state index contributed by atoms with van der Waals surface area (Å²) in [7, 11) is 0. The Morgan fingerprint density at radius 3 is 2.60 bits per heavy atom. The first-order chi connectivity index (χ1) is 12.0. The van der Waals surface area contributed by atoms with Gasteiger partial charge < -0.3 is 15.2 Å². The highest BCUT2D eigenvalue weighted by atomic mass is 16.2. The van der Waals surface area contributed by atoms with Gasteiger partial charge in [0.1, 0.15) is 5.56 Å². The highest BCUT2D eigenvalue weighted by Gasteiger charge is 2.30. The van der Waals surface area contributed by atoms with E-state index in [-0.39, 0.29) is 34.8 Å². The second kappa shape index (κ2) is 5.72. The standard InChI is InChI=1S/C19H21N3O3/c1-11-9-13-3-2-4-14-16(13)22(11)10-15(17(14)23)19(25)21-7-5-12(6-8-21)18(20)24/h2-4,10-12H,5-9H2,1H3,(H2,20,24). The van der Waals surface area contributed by atoms with E-state index in [0.717, 1.165) is 17.5 Å². The van der Waals surface area contributed by atoms with Crippen LogP contribution in [0.25, 0.3) is 10.9 Å². The average molecular weight is 339 g/mol. The molecule has 0 radical (unpaired) electrons. The molecule has 4 rings (SSSR count). The number of aromatic nitrogens is 1. The summed E-state index contributed by atoms with van der Waals surface area (Å²) in [6.07, 6.45) is 3.71. The lowest BCUT2D eigenvalue weighted by molar-refractivity contribution is -0.123. The molecule has 0 bridgehead atoms. The fourth-order valence-electron chi connectivity index (χ4n) is 4.11. The molecule has 6 heteroatoms. The van der Waals surface area contributed by atoms with Crippen LogP contribution in [0, 0.1) is 5.92 Å². The molecule has 2 aliphatic heterocycles. The Morgan fingerprint density at radius 2 is 1.92 bits per heavy atom. The Balaban J connectivity index is 1.72. The monoisotopic (exact) mass is 339 g/mol. The van der Waals surface area contributed by atoms with E-state index in [1.165, 1.54) is 0 Å². The number of para-hydroxylation sites is 1. The van der Waals surface area contributed by atoms with Gasteiger partial charge in [-0.1, -0.05) is 12.1 Å². The predicted octanol–water partition coefficient (Wildman–Crippen LogP) is 1.46. The van der Waals surface area contributed by atoms with Crippen LogP contribution in [-0.4, -0.2) is 34.4 Å². The smallest absolute Gasteiger partial charge is 0.259 e. The fraction of sp³-hybridized carbons (Fsp3) is 0.421. The summed E-state index contributed by atoms with van der Waals surface area (Å²) in [4.78, 5) is 38.8. The van der Waals surface area contributed by atoms with Crippen molar-refractivity contribution in [2.45, 2.75) is 32.2 Å². The van der Waals surface area contributed by atoms with Crippen LogP contribution in [0.1, 0.15) is 41.7 Å². The summed E-state index contributed by atoms with van der Waals surface area (Å²) < 4.78 is 2.05. The van der Waals surface area contributed by atoms with Crippen LogP contribution in [0.3, 0.4) is 0 Å². The minimum atomic E-state index is -0.313. The van der Waals surface area contributed by atoms with Crippen molar-refractivity contribution in [3.05, 3.63) is 45.7 Å². The Bertz CT molecular complexity index is 939. The molecule has 1 atom stereocenters. The van der Waals surface area contributed by atoms with E-state index in [1.54, 1.807) is 17.2 Å². The van der Waals surface area contributed by atoms with E-state index < -0.39 is 0 Å². The van der Waals surface area contributed by atoms with Crippen LogP contribution in [0.15, 0.2) is 29.2 Å². The number of pyridine rings is 1. The van der Waals surface area contributed by atoms with Gasteiger partial charge >= 0.3 is 0 Å². The molecule has 2 N–H and O–H groups in total. The third-order valence-electron chi connectivity index (χ3n) is 5.54. The van der Waals surface area contributed by atoms with Gasteiger partial charge in [-0.15, -0.1) is 0 Å². The maximum Gasteiger partial charge on any atom is 0.259 e. The van der Waals surface area contributed by atoms with Crippen LogP contribution in [-0.2, 0) is 11.2 Å². The molecular weight excluding hydrogens is 318 g/mol. The number of nitrogens with zero attached hydrogens (tertiary/aromatic N) is 2. The van der Waals surface area contributed by atoms with E-state index in [0.29, 0.717) is 31.3 Å². The van der Waals surface area contributed by atoms with Gasteiger partial charge in [0, 0.05) is 36.6 Å². The van der Waals surface area contributed by atoms with Crippen LogP contribution >= 0.6 is 0 Å². The summed E-state index contributed by atoms with van der Waals surface area (Å²) in [5.74, 6) is -0.738. The minimum absolute atomic E-state index is 0.179. The van der Waals surface area contributed by atoms with Crippen LogP contribution in [0.5, 0.6) is 0 Å². The van der Waals surface area contributed by atoms with Crippen molar-refractivity contribution in [2.75, 3.05) is 13.1 Å². The SMILES string of the molecule is CC1Cc2cccc3c(=O)c(C(=O)N4CCC(C(N)=O)CC4)cn1c23. The zero-order valence-corrected chi connectivity index (χ0v) is 14.2. The van der Waals surface area contributed by atoms with Crippen molar-refractivity contribution in [1.29, 1.82) is 0 Å². The Morgan fingerprint density at radius 1 is 1.20 bits per heavy atom. The first-order valence-electron chi connectivity index (χ1n) is 8.72. The number of amides is 2. The van der Waals surface area contributed by atoms with Gasteiger partial charge in [-0.05, 0) is 37.8 Å². The van der Waals surface area contributed by atoms with Crippen LogP contribution in [0.2, 0.25) is 0 Å². The van der Waals surface area contributed by atoms with Crippen molar-refractivity contribution < 1.29 is 9.59 Å². The lowest BCUT2D eigenvalue weighted by atomic mass is 9.96. The summed E-state index contributed by atoms with van der Waals surface area (Å²) in [6, 6.07) is 5.95. The molecule has 0 spiro atoms. The number of hydrogen-bond acceptors (Lipinski definition) is 3. The summed E-state index contributed by atoms with van der Waals surface area (Å²) in [5.41, 5.74) is 7.47. The predicted molar refractivity (Wildman–Crippen MR) is 94.4 cm³/mol. The lowest BCUT2D eigenvalue weighted by Crippen LogP contribution is -2.43. The second-order valence-corrected chi connectivity index (χ2v) is 7.11. The van der Waals surface area contributed by atoms with E-state index in [2.05, 4.69) is 11.5 Å². The fourth-order valence-corrected chi connectivity index (χ4v) is 4.11. The van der Waals surface area contributed by atoms with Crippen molar-refractivity contribution >= 4 is 22.7 Å². The highest BCUT2D eigenvalue weighted by molar-refractivity contribution is 5.98. The number of hydrogen-bond donors (Lipinski definition) is 1. The second-order valence-electron chi connectivity index (χ2n) is 7.11. The molecule has 2 amide bonds. The summed E-state index contributed by atoms with van der Waals surface area (Å²) >= 11 is 0. The zero-order chi connectivity index (χ0) is 17.7. The molecule has 1 fully saturated rings. The molecule has 0 saturated carbocycles. The van der Waals surface area contributed by atoms with E-state index in [9.17, 15) is 14.4 Å². The number of primary amides is 1. The summed E-state index contributed by atoms with van der Waals surface area (Å²) in [6.45, 7) is 3.01. The minimum Gasteiger partial charge on any atom is -0.369 e. The number of piperidine rings is 1. The highest BCUT2D eigenvalue weighted by Crippen LogP contribution is 2.31. The third kappa shape index (κ3) is 2.44. The quantitative estimate of drug-likeness (QED) is 0.899. The molecular formula is C19H21N3O3.